The number of amides is 1. The number of ether oxygens (including phenoxy) is 1. The zero-order chi connectivity index (χ0) is 9.90. The van der Waals surface area contributed by atoms with Crippen molar-refractivity contribution in [2.45, 2.75) is 46.1 Å². The zero-order valence-corrected chi connectivity index (χ0v) is 8.72. The predicted molar refractivity (Wildman–Crippen MR) is 51.6 cm³/mol. The molecule has 76 valence electrons. The maximum Gasteiger partial charge on any atom is 0.407 e. The molecule has 1 amide bonds. The lowest BCUT2D eigenvalue weighted by molar-refractivity contribution is 0.100. The van der Waals surface area contributed by atoms with Gasteiger partial charge in [-0.05, 0) is 32.1 Å². The lowest BCUT2D eigenvalue weighted by atomic mass is 9.70. The van der Waals surface area contributed by atoms with Crippen molar-refractivity contribution in [1.82, 2.24) is 5.32 Å². The Morgan fingerprint density at radius 1 is 1.54 bits per heavy atom. The lowest BCUT2D eigenvalue weighted by Gasteiger charge is -2.38. The summed E-state index contributed by atoms with van der Waals surface area (Å²) in [6, 6.07) is 0. The summed E-state index contributed by atoms with van der Waals surface area (Å²) in [7, 11) is 0. The van der Waals surface area contributed by atoms with Gasteiger partial charge in [0.2, 0.25) is 0 Å². The van der Waals surface area contributed by atoms with Crippen LogP contribution in [0.4, 0.5) is 4.79 Å². The van der Waals surface area contributed by atoms with Gasteiger partial charge in [-0.1, -0.05) is 13.3 Å². The fourth-order valence-electron chi connectivity index (χ4n) is 1.50. The van der Waals surface area contributed by atoms with E-state index in [2.05, 4.69) is 12.2 Å². The van der Waals surface area contributed by atoms with Gasteiger partial charge in [0, 0.05) is 6.54 Å². The molecule has 0 aromatic rings. The summed E-state index contributed by atoms with van der Waals surface area (Å²) >= 11 is 0. The summed E-state index contributed by atoms with van der Waals surface area (Å²) in [5.41, 5.74) is 0.329. The molecule has 0 aliphatic heterocycles. The van der Waals surface area contributed by atoms with Gasteiger partial charge in [0.1, 0.15) is 0 Å². The average Bonchev–Trinajstić information content (AvgIpc) is 1.96. The van der Waals surface area contributed by atoms with E-state index in [1.54, 1.807) is 0 Å². The minimum atomic E-state index is -0.289. The quantitative estimate of drug-likeness (QED) is 0.732. The molecule has 0 aromatic heterocycles. The van der Waals surface area contributed by atoms with E-state index in [9.17, 15) is 4.79 Å². The van der Waals surface area contributed by atoms with Crippen LogP contribution in [0.3, 0.4) is 0 Å². The summed E-state index contributed by atoms with van der Waals surface area (Å²) < 4.78 is 4.96. The minimum Gasteiger partial charge on any atom is -0.447 e. The molecule has 13 heavy (non-hydrogen) atoms. The highest BCUT2D eigenvalue weighted by atomic mass is 16.6. The number of nitrogens with one attached hydrogen (secondary N) is 1. The molecule has 0 saturated heterocycles. The molecule has 1 N–H and O–H groups in total. The zero-order valence-electron chi connectivity index (χ0n) is 8.72. The Kier molecular flexibility index (Phi) is 3.17. The number of carbonyl (C=O) groups is 1. The van der Waals surface area contributed by atoms with E-state index < -0.39 is 0 Å². The van der Waals surface area contributed by atoms with Gasteiger partial charge in [-0.2, -0.15) is 0 Å². The third-order valence-corrected chi connectivity index (χ3v) is 2.56. The van der Waals surface area contributed by atoms with Crippen LogP contribution in [0.25, 0.3) is 0 Å². The smallest absolute Gasteiger partial charge is 0.407 e. The van der Waals surface area contributed by atoms with Crippen LogP contribution < -0.4 is 5.32 Å². The SMILES string of the molecule is CC(C)OC(=O)NCC1(C)CCC1. The Balaban J connectivity index is 2.14. The first-order valence-corrected chi connectivity index (χ1v) is 4.96. The number of alkyl carbamates (subject to hydrolysis) is 1. The molecular formula is C10H19NO2. The van der Waals surface area contributed by atoms with Gasteiger partial charge in [-0.15, -0.1) is 0 Å². The van der Waals surface area contributed by atoms with Crippen molar-refractivity contribution in [3.8, 4) is 0 Å². The second kappa shape index (κ2) is 3.99. The molecule has 0 spiro atoms. The normalized spacial score (nSPS) is 19.4. The summed E-state index contributed by atoms with van der Waals surface area (Å²) in [6.07, 6.45) is 3.40. The van der Waals surface area contributed by atoms with Crippen molar-refractivity contribution in [1.29, 1.82) is 0 Å². The first kappa shape index (κ1) is 10.4. The van der Waals surface area contributed by atoms with Crippen LogP contribution >= 0.6 is 0 Å². The topological polar surface area (TPSA) is 38.3 Å². The highest BCUT2D eigenvalue weighted by molar-refractivity contribution is 5.67. The lowest BCUT2D eigenvalue weighted by Crippen LogP contribution is -2.40. The molecule has 1 saturated carbocycles. The highest BCUT2D eigenvalue weighted by Gasteiger charge is 2.31. The molecule has 0 heterocycles. The summed E-state index contributed by atoms with van der Waals surface area (Å²) in [5.74, 6) is 0. The van der Waals surface area contributed by atoms with Gasteiger partial charge in [0.15, 0.2) is 0 Å². The van der Waals surface area contributed by atoms with Gasteiger partial charge >= 0.3 is 6.09 Å². The monoisotopic (exact) mass is 185 g/mol. The maximum absolute atomic E-state index is 11.1. The minimum absolute atomic E-state index is 0.0332. The Labute approximate surface area is 79.8 Å². The van der Waals surface area contributed by atoms with E-state index in [1.807, 2.05) is 13.8 Å². The molecule has 3 nitrogen and oxygen atoms in total. The van der Waals surface area contributed by atoms with Crippen molar-refractivity contribution < 1.29 is 9.53 Å². The second-order valence-electron chi connectivity index (χ2n) is 4.47. The Hall–Kier alpha value is -0.730. The van der Waals surface area contributed by atoms with Crippen LogP contribution in [0.15, 0.2) is 0 Å². The van der Waals surface area contributed by atoms with Gasteiger partial charge in [0.05, 0.1) is 6.10 Å². The molecule has 0 radical (unpaired) electrons. The van der Waals surface area contributed by atoms with Crippen LogP contribution in [0.5, 0.6) is 0 Å². The first-order chi connectivity index (χ1) is 6.02. The van der Waals surface area contributed by atoms with Gasteiger partial charge in [-0.25, -0.2) is 4.79 Å². The van der Waals surface area contributed by atoms with Crippen molar-refractivity contribution >= 4 is 6.09 Å². The number of carbonyl (C=O) groups excluding carboxylic acids is 1. The van der Waals surface area contributed by atoms with Crippen molar-refractivity contribution in [3.63, 3.8) is 0 Å². The molecule has 0 atom stereocenters. The number of rotatable bonds is 3. The molecule has 0 unspecified atom stereocenters. The third-order valence-electron chi connectivity index (χ3n) is 2.56. The van der Waals surface area contributed by atoms with E-state index in [4.69, 9.17) is 4.74 Å². The van der Waals surface area contributed by atoms with Gasteiger partial charge < -0.3 is 10.1 Å². The summed E-state index contributed by atoms with van der Waals surface area (Å²) in [4.78, 5) is 11.1. The molecule has 1 fully saturated rings. The van der Waals surface area contributed by atoms with Crippen molar-refractivity contribution in [2.75, 3.05) is 6.54 Å². The van der Waals surface area contributed by atoms with E-state index in [0.717, 1.165) is 6.54 Å². The standard InChI is InChI=1S/C10H19NO2/c1-8(2)13-9(12)11-7-10(3)5-4-6-10/h8H,4-7H2,1-3H3,(H,11,12). The van der Waals surface area contributed by atoms with Gasteiger partial charge in [-0.3, -0.25) is 0 Å². The van der Waals surface area contributed by atoms with E-state index in [-0.39, 0.29) is 12.2 Å². The summed E-state index contributed by atoms with van der Waals surface area (Å²) in [6.45, 7) is 6.65. The van der Waals surface area contributed by atoms with Crippen LogP contribution in [-0.4, -0.2) is 18.7 Å². The van der Waals surface area contributed by atoms with Crippen molar-refractivity contribution in [3.05, 3.63) is 0 Å². The highest BCUT2D eigenvalue weighted by Crippen LogP contribution is 2.39. The fourth-order valence-corrected chi connectivity index (χ4v) is 1.50. The number of hydrogen-bond donors (Lipinski definition) is 1. The molecule has 0 aromatic carbocycles. The first-order valence-electron chi connectivity index (χ1n) is 4.96. The molecule has 1 aliphatic rings. The van der Waals surface area contributed by atoms with Crippen LogP contribution in [-0.2, 0) is 4.74 Å². The van der Waals surface area contributed by atoms with E-state index in [0.29, 0.717) is 5.41 Å². The Bertz CT molecular complexity index is 185. The largest absolute Gasteiger partial charge is 0.447 e. The molecular weight excluding hydrogens is 166 g/mol. The molecule has 3 heteroatoms. The average molecular weight is 185 g/mol. The maximum atomic E-state index is 11.1. The number of hydrogen-bond acceptors (Lipinski definition) is 2. The fraction of sp³-hybridized carbons (Fsp3) is 0.900. The van der Waals surface area contributed by atoms with E-state index in [1.165, 1.54) is 19.3 Å². The van der Waals surface area contributed by atoms with Crippen molar-refractivity contribution in [2.24, 2.45) is 5.41 Å². The predicted octanol–water partition coefficient (Wildman–Crippen LogP) is 2.31. The van der Waals surface area contributed by atoms with E-state index >= 15 is 0 Å². The van der Waals surface area contributed by atoms with Crippen LogP contribution in [0, 0.1) is 5.41 Å². The second-order valence-corrected chi connectivity index (χ2v) is 4.47. The Morgan fingerprint density at radius 3 is 2.54 bits per heavy atom. The van der Waals surface area contributed by atoms with Crippen LogP contribution in [0.1, 0.15) is 40.0 Å². The third kappa shape index (κ3) is 3.25. The molecule has 1 rings (SSSR count). The van der Waals surface area contributed by atoms with Crippen LogP contribution in [0.2, 0.25) is 0 Å². The summed E-state index contributed by atoms with van der Waals surface area (Å²) in [5, 5.41) is 2.80. The van der Waals surface area contributed by atoms with Gasteiger partial charge in [0.25, 0.3) is 0 Å². The molecule has 1 aliphatic carbocycles. The molecule has 0 bridgehead atoms. The Morgan fingerprint density at radius 2 is 2.15 bits per heavy atom.